The fourth-order valence-corrected chi connectivity index (χ4v) is 1.30. The molecular formula is C6H12N4O. The van der Waals surface area contributed by atoms with Crippen LogP contribution in [-0.2, 0) is 13.0 Å². The fourth-order valence-electron chi connectivity index (χ4n) is 1.30. The number of aromatic nitrogens is 4. The summed E-state index contributed by atoms with van der Waals surface area (Å²) < 4.78 is 1.91. The van der Waals surface area contributed by atoms with Gasteiger partial charge in [-0.05, 0) is 23.3 Å². The van der Waals surface area contributed by atoms with Gasteiger partial charge in [-0.3, -0.25) is 0 Å². The summed E-state index contributed by atoms with van der Waals surface area (Å²) in [6.45, 7) is 1.00. The Labute approximate surface area is 64.7 Å². The number of hydrogen-bond donors (Lipinski definition) is 0. The van der Waals surface area contributed by atoms with Crippen LogP contribution in [0, 0.1) is 0 Å². The van der Waals surface area contributed by atoms with Crippen LogP contribution in [0.2, 0.25) is 0 Å². The van der Waals surface area contributed by atoms with Gasteiger partial charge < -0.3 is 5.48 Å². The molecule has 1 aliphatic rings. The zero-order valence-corrected chi connectivity index (χ0v) is 6.32. The smallest absolute Gasteiger partial charge is 0.151 e. The summed E-state index contributed by atoms with van der Waals surface area (Å²) in [5.41, 5.74) is 0. The van der Waals surface area contributed by atoms with Crippen LogP contribution in [-0.4, -0.2) is 25.7 Å². The highest BCUT2D eigenvalue weighted by Crippen LogP contribution is 2.09. The van der Waals surface area contributed by atoms with E-state index in [9.17, 15) is 0 Å². The number of hydrogen-bond acceptors (Lipinski definition) is 3. The number of aryl methyl sites for hydroxylation is 2. The average Bonchev–Trinajstić information content (AvgIpc) is 2.28. The summed E-state index contributed by atoms with van der Waals surface area (Å²) in [6.07, 6.45) is 4.80. The van der Waals surface area contributed by atoms with Crippen molar-refractivity contribution in [3.8, 4) is 0 Å². The van der Waals surface area contributed by atoms with Gasteiger partial charge in [-0.2, -0.15) is 0 Å². The molecule has 2 N–H and O–H groups in total. The molecule has 0 fully saturated rings. The highest BCUT2D eigenvalue weighted by molar-refractivity contribution is 4.82. The Balaban J connectivity index is 0.000000605. The highest BCUT2D eigenvalue weighted by Gasteiger charge is 2.08. The van der Waals surface area contributed by atoms with Crippen molar-refractivity contribution < 1.29 is 5.48 Å². The third-order valence-electron chi connectivity index (χ3n) is 1.88. The van der Waals surface area contributed by atoms with Crippen molar-refractivity contribution in [2.24, 2.45) is 0 Å². The van der Waals surface area contributed by atoms with Crippen molar-refractivity contribution in [2.75, 3.05) is 0 Å². The summed E-state index contributed by atoms with van der Waals surface area (Å²) in [7, 11) is 0. The predicted molar refractivity (Wildman–Crippen MR) is 39.0 cm³/mol. The Bertz CT molecular complexity index is 202. The molecule has 0 aliphatic carbocycles. The van der Waals surface area contributed by atoms with E-state index in [1.54, 1.807) is 0 Å². The molecule has 0 unspecified atom stereocenters. The Morgan fingerprint density at radius 2 is 2.09 bits per heavy atom. The van der Waals surface area contributed by atoms with Gasteiger partial charge in [0, 0.05) is 13.0 Å². The van der Waals surface area contributed by atoms with Crippen LogP contribution >= 0.6 is 0 Å². The molecule has 1 aromatic heterocycles. The molecule has 11 heavy (non-hydrogen) atoms. The standard InChI is InChI=1S/C6H10N4.H2O/c1-2-4-6-7-8-9-10(6)5-3-1;/h1-5H2;1H2. The number of fused-ring (bicyclic) bond motifs is 1. The molecule has 2 rings (SSSR count). The van der Waals surface area contributed by atoms with Crippen molar-refractivity contribution in [1.29, 1.82) is 0 Å². The molecular weight excluding hydrogens is 144 g/mol. The Kier molecular flexibility index (Phi) is 2.53. The van der Waals surface area contributed by atoms with Crippen LogP contribution in [0.1, 0.15) is 25.1 Å². The van der Waals surface area contributed by atoms with Gasteiger partial charge in [-0.1, -0.05) is 6.42 Å². The molecule has 0 saturated heterocycles. The molecule has 62 valence electrons. The van der Waals surface area contributed by atoms with Crippen molar-refractivity contribution >= 4 is 0 Å². The highest BCUT2D eigenvalue weighted by atomic mass is 16.0. The topological polar surface area (TPSA) is 75.1 Å². The molecule has 0 bridgehead atoms. The minimum Gasteiger partial charge on any atom is -0.412 e. The second-order valence-corrected chi connectivity index (χ2v) is 2.63. The first kappa shape index (κ1) is 8.13. The van der Waals surface area contributed by atoms with E-state index in [1.165, 1.54) is 19.3 Å². The van der Waals surface area contributed by atoms with Gasteiger partial charge in [0.1, 0.15) is 0 Å². The third kappa shape index (κ3) is 1.54. The van der Waals surface area contributed by atoms with E-state index in [4.69, 9.17) is 0 Å². The van der Waals surface area contributed by atoms with Crippen molar-refractivity contribution in [1.82, 2.24) is 20.2 Å². The summed E-state index contributed by atoms with van der Waals surface area (Å²) >= 11 is 0. The van der Waals surface area contributed by atoms with E-state index < -0.39 is 0 Å². The van der Waals surface area contributed by atoms with Gasteiger partial charge in [-0.25, -0.2) is 4.68 Å². The first-order valence-corrected chi connectivity index (χ1v) is 3.72. The van der Waals surface area contributed by atoms with Gasteiger partial charge in [0.15, 0.2) is 5.82 Å². The van der Waals surface area contributed by atoms with Crippen LogP contribution in [0.25, 0.3) is 0 Å². The molecule has 0 amide bonds. The lowest BCUT2D eigenvalue weighted by Gasteiger charge is -1.94. The van der Waals surface area contributed by atoms with E-state index in [1.807, 2.05) is 4.68 Å². The van der Waals surface area contributed by atoms with Crippen LogP contribution in [0.15, 0.2) is 0 Å². The van der Waals surface area contributed by atoms with Gasteiger partial charge >= 0.3 is 0 Å². The molecule has 0 aromatic carbocycles. The molecule has 1 aromatic rings. The lowest BCUT2D eigenvalue weighted by molar-refractivity contribution is 0.556. The second kappa shape index (κ2) is 3.43. The minimum absolute atomic E-state index is 0. The molecule has 0 radical (unpaired) electrons. The van der Waals surface area contributed by atoms with Crippen LogP contribution in [0.5, 0.6) is 0 Å². The summed E-state index contributed by atoms with van der Waals surface area (Å²) in [6, 6.07) is 0. The van der Waals surface area contributed by atoms with E-state index in [-0.39, 0.29) is 5.48 Å². The van der Waals surface area contributed by atoms with Crippen molar-refractivity contribution in [3.05, 3.63) is 5.82 Å². The van der Waals surface area contributed by atoms with Crippen molar-refractivity contribution in [2.45, 2.75) is 32.2 Å². The monoisotopic (exact) mass is 156 g/mol. The Morgan fingerprint density at radius 1 is 1.18 bits per heavy atom. The van der Waals surface area contributed by atoms with Gasteiger partial charge in [0.2, 0.25) is 0 Å². The average molecular weight is 156 g/mol. The SMILES string of the molecule is C1CCc2nnnn2CC1.O. The molecule has 5 heteroatoms. The van der Waals surface area contributed by atoms with Gasteiger partial charge in [0.25, 0.3) is 0 Å². The quantitative estimate of drug-likeness (QED) is 0.511. The Hall–Kier alpha value is -0.970. The maximum absolute atomic E-state index is 3.92. The first-order chi connectivity index (χ1) is 4.97. The zero-order chi connectivity index (χ0) is 6.81. The molecule has 0 spiro atoms. The third-order valence-corrected chi connectivity index (χ3v) is 1.88. The molecule has 0 atom stereocenters. The minimum atomic E-state index is 0. The molecule has 5 nitrogen and oxygen atoms in total. The second-order valence-electron chi connectivity index (χ2n) is 2.63. The summed E-state index contributed by atoms with van der Waals surface area (Å²) in [4.78, 5) is 0. The van der Waals surface area contributed by atoms with Gasteiger partial charge in [-0.15, -0.1) is 5.10 Å². The number of rotatable bonds is 0. The maximum Gasteiger partial charge on any atom is 0.151 e. The molecule has 0 saturated carbocycles. The number of tetrazole rings is 1. The lowest BCUT2D eigenvalue weighted by Crippen LogP contribution is -2.02. The largest absolute Gasteiger partial charge is 0.412 e. The zero-order valence-electron chi connectivity index (χ0n) is 6.32. The fraction of sp³-hybridized carbons (Fsp3) is 0.833. The normalized spacial score (nSPS) is 16.4. The van der Waals surface area contributed by atoms with Crippen LogP contribution < -0.4 is 0 Å². The van der Waals surface area contributed by atoms with E-state index in [2.05, 4.69) is 15.5 Å². The van der Waals surface area contributed by atoms with E-state index >= 15 is 0 Å². The van der Waals surface area contributed by atoms with E-state index in [0.717, 1.165) is 18.8 Å². The predicted octanol–water partition coefficient (Wildman–Crippen LogP) is -0.425. The summed E-state index contributed by atoms with van der Waals surface area (Å²) in [5.74, 6) is 1.05. The Morgan fingerprint density at radius 3 is 3.00 bits per heavy atom. The maximum atomic E-state index is 3.92. The number of nitrogens with zero attached hydrogens (tertiary/aromatic N) is 4. The lowest BCUT2D eigenvalue weighted by atomic mass is 10.2. The van der Waals surface area contributed by atoms with E-state index in [0.29, 0.717) is 0 Å². The molecule has 2 heterocycles. The molecule has 1 aliphatic heterocycles. The van der Waals surface area contributed by atoms with Crippen LogP contribution in [0.4, 0.5) is 0 Å². The van der Waals surface area contributed by atoms with Crippen LogP contribution in [0.3, 0.4) is 0 Å². The summed E-state index contributed by atoms with van der Waals surface area (Å²) in [5, 5.41) is 11.4. The first-order valence-electron chi connectivity index (χ1n) is 3.72. The van der Waals surface area contributed by atoms with Gasteiger partial charge in [0.05, 0.1) is 0 Å². The van der Waals surface area contributed by atoms with Crippen molar-refractivity contribution in [3.63, 3.8) is 0 Å².